The lowest BCUT2D eigenvalue weighted by Gasteiger charge is -2.31. The Morgan fingerprint density at radius 3 is 2.50 bits per heavy atom. The lowest BCUT2D eigenvalue weighted by atomic mass is 10.1. The van der Waals surface area contributed by atoms with Gasteiger partial charge in [0.15, 0.2) is 11.5 Å². The van der Waals surface area contributed by atoms with Crippen molar-refractivity contribution >= 4 is 5.91 Å². The number of hydrogen-bond donors (Lipinski definition) is 0. The highest BCUT2D eigenvalue weighted by molar-refractivity contribution is 5.93. The average Bonchev–Trinajstić information content (AvgIpc) is 3.19. The Kier molecular flexibility index (Phi) is 5.10. The summed E-state index contributed by atoms with van der Waals surface area (Å²) < 4.78 is 33.4. The van der Waals surface area contributed by atoms with Crippen molar-refractivity contribution in [1.82, 2.24) is 34.8 Å². The number of aryl methyl sites for hydroxylation is 1. The molecule has 0 N–H and O–H groups in total. The molecule has 1 aliphatic heterocycles. The number of carbonyl (C=O) groups excluding carboxylic acids is 1. The van der Waals surface area contributed by atoms with Crippen LogP contribution in [0.15, 0.2) is 30.6 Å². The summed E-state index contributed by atoms with van der Waals surface area (Å²) in [5.41, 5.74) is 1.80. The first-order valence-electron chi connectivity index (χ1n) is 9.30. The standard InChI is InChI=1S/C19H19F2N7O2/c1-12-10-23-14(11-22-12)15-9-13(18(29)27-7-5-19(20,21)6-8-27)26-28(15)16-3-4-17(30-2)25-24-16/h3-4,9-11H,5-8H2,1-2H3. The van der Waals surface area contributed by atoms with Crippen LogP contribution in [0.4, 0.5) is 8.78 Å². The zero-order valence-corrected chi connectivity index (χ0v) is 16.4. The van der Waals surface area contributed by atoms with Gasteiger partial charge < -0.3 is 9.64 Å². The minimum atomic E-state index is -2.74. The minimum Gasteiger partial charge on any atom is -0.480 e. The van der Waals surface area contributed by atoms with Crippen molar-refractivity contribution in [2.45, 2.75) is 25.7 Å². The molecule has 0 atom stereocenters. The van der Waals surface area contributed by atoms with Gasteiger partial charge in [0, 0.05) is 38.2 Å². The maximum Gasteiger partial charge on any atom is 0.274 e. The number of halogens is 2. The van der Waals surface area contributed by atoms with Crippen molar-refractivity contribution < 1.29 is 18.3 Å². The lowest BCUT2D eigenvalue weighted by molar-refractivity contribution is -0.0495. The molecule has 0 aromatic carbocycles. The summed E-state index contributed by atoms with van der Waals surface area (Å²) in [6.07, 6.45) is 2.44. The molecule has 156 valence electrons. The van der Waals surface area contributed by atoms with E-state index >= 15 is 0 Å². The molecule has 0 aliphatic carbocycles. The average molecular weight is 415 g/mol. The molecule has 0 unspecified atom stereocenters. The summed E-state index contributed by atoms with van der Waals surface area (Å²) in [6, 6.07) is 4.81. The van der Waals surface area contributed by atoms with Gasteiger partial charge in [-0.15, -0.1) is 10.2 Å². The van der Waals surface area contributed by atoms with E-state index in [4.69, 9.17) is 4.74 Å². The Labute approximate surface area is 170 Å². The van der Waals surface area contributed by atoms with E-state index < -0.39 is 11.8 Å². The highest BCUT2D eigenvalue weighted by Gasteiger charge is 2.36. The number of likely N-dealkylation sites (tertiary alicyclic amines) is 1. The van der Waals surface area contributed by atoms with Crippen LogP contribution in [0.5, 0.6) is 5.88 Å². The van der Waals surface area contributed by atoms with E-state index in [1.54, 1.807) is 30.6 Å². The molecular weight excluding hydrogens is 396 g/mol. The van der Waals surface area contributed by atoms with Gasteiger partial charge in [-0.2, -0.15) is 5.10 Å². The summed E-state index contributed by atoms with van der Waals surface area (Å²) in [5, 5.41) is 12.4. The van der Waals surface area contributed by atoms with Crippen LogP contribution < -0.4 is 4.74 Å². The SMILES string of the molecule is COc1ccc(-n2nc(C(=O)N3CCC(F)(F)CC3)cc2-c2cnc(C)cn2)nn1. The molecule has 11 heteroatoms. The summed E-state index contributed by atoms with van der Waals surface area (Å²) in [5.74, 6) is -2.49. The number of methoxy groups -OCH3 is 1. The normalized spacial score (nSPS) is 15.8. The van der Waals surface area contributed by atoms with Crippen molar-refractivity contribution in [1.29, 1.82) is 0 Å². The second kappa shape index (κ2) is 7.73. The van der Waals surface area contributed by atoms with E-state index in [-0.39, 0.29) is 31.6 Å². The van der Waals surface area contributed by atoms with Crippen LogP contribution in [0.2, 0.25) is 0 Å². The quantitative estimate of drug-likeness (QED) is 0.645. The van der Waals surface area contributed by atoms with Crippen LogP contribution >= 0.6 is 0 Å². The van der Waals surface area contributed by atoms with E-state index in [9.17, 15) is 13.6 Å². The number of piperidine rings is 1. The largest absolute Gasteiger partial charge is 0.480 e. The molecule has 3 aromatic rings. The molecule has 4 heterocycles. The third kappa shape index (κ3) is 3.95. The van der Waals surface area contributed by atoms with Crippen molar-refractivity contribution in [3.8, 4) is 23.1 Å². The van der Waals surface area contributed by atoms with Gasteiger partial charge in [-0.05, 0) is 19.1 Å². The number of hydrogen-bond acceptors (Lipinski definition) is 7. The molecular formula is C19H19F2N7O2. The highest BCUT2D eigenvalue weighted by Crippen LogP contribution is 2.29. The Morgan fingerprint density at radius 1 is 1.13 bits per heavy atom. The molecule has 0 bridgehead atoms. The molecule has 1 saturated heterocycles. The molecule has 0 saturated carbocycles. The van der Waals surface area contributed by atoms with Crippen molar-refractivity contribution in [3.63, 3.8) is 0 Å². The van der Waals surface area contributed by atoms with Crippen LogP contribution in [0.3, 0.4) is 0 Å². The number of carbonyl (C=O) groups is 1. The Balaban J connectivity index is 1.71. The van der Waals surface area contributed by atoms with E-state index in [0.717, 1.165) is 5.69 Å². The second-order valence-electron chi connectivity index (χ2n) is 6.95. The summed E-state index contributed by atoms with van der Waals surface area (Å²) in [7, 11) is 1.48. The van der Waals surface area contributed by atoms with Gasteiger partial charge in [-0.3, -0.25) is 14.8 Å². The van der Waals surface area contributed by atoms with Gasteiger partial charge in [-0.25, -0.2) is 13.5 Å². The topological polar surface area (TPSA) is 98.9 Å². The van der Waals surface area contributed by atoms with Crippen LogP contribution in [0, 0.1) is 6.92 Å². The molecule has 0 spiro atoms. The van der Waals surface area contributed by atoms with Crippen LogP contribution in [0.25, 0.3) is 17.2 Å². The molecule has 1 fully saturated rings. The van der Waals surface area contributed by atoms with E-state index in [1.165, 1.54) is 16.7 Å². The first-order valence-corrected chi connectivity index (χ1v) is 9.30. The fourth-order valence-corrected chi connectivity index (χ4v) is 3.10. The number of ether oxygens (including phenoxy) is 1. The number of alkyl halides is 2. The van der Waals surface area contributed by atoms with Crippen molar-refractivity contribution in [3.05, 3.63) is 42.0 Å². The van der Waals surface area contributed by atoms with Gasteiger partial charge in [0.1, 0.15) is 5.69 Å². The van der Waals surface area contributed by atoms with E-state index in [2.05, 4.69) is 25.3 Å². The van der Waals surface area contributed by atoms with Gasteiger partial charge in [0.05, 0.1) is 24.7 Å². The van der Waals surface area contributed by atoms with Crippen LogP contribution in [-0.4, -0.2) is 66.9 Å². The molecule has 30 heavy (non-hydrogen) atoms. The smallest absolute Gasteiger partial charge is 0.274 e. The zero-order valence-electron chi connectivity index (χ0n) is 16.4. The number of rotatable bonds is 4. The summed E-state index contributed by atoms with van der Waals surface area (Å²) >= 11 is 0. The molecule has 1 amide bonds. The van der Waals surface area contributed by atoms with Crippen LogP contribution in [0.1, 0.15) is 29.0 Å². The molecule has 3 aromatic heterocycles. The third-order valence-corrected chi connectivity index (χ3v) is 4.81. The van der Waals surface area contributed by atoms with Crippen LogP contribution in [-0.2, 0) is 0 Å². The van der Waals surface area contributed by atoms with Gasteiger partial charge in [0.25, 0.3) is 11.8 Å². The lowest BCUT2D eigenvalue weighted by Crippen LogP contribution is -2.42. The number of amides is 1. The fraction of sp³-hybridized carbons (Fsp3) is 0.368. The molecule has 4 rings (SSSR count). The molecule has 0 radical (unpaired) electrons. The first-order chi connectivity index (χ1) is 14.4. The fourth-order valence-electron chi connectivity index (χ4n) is 3.10. The maximum absolute atomic E-state index is 13.5. The predicted molar refractivity (Wildman–Crippen MR) is 102 cm³/mol. The number of nitrogens with zero attached hydrogens (tertiary/aromatic N) is 7. The summed E-state index contributed by atoms with van der Waals surface area (Å²) in [4.78, 5) is 22.9. The van der Waals surface area contributed by atoms with Gasteiger partial charge in [-0.1, -0.05) is 0 Å². The Bertz CT molecular complexity index is 1040. The first kappa shape index (κ1) is 19.8. The monoisotopic (exact) mass is 415 g/mol. The van der Waals surface area contributed by atoms with E-state index in [1.807, 2.05) is 6.92 Å². The van der Waals surface area contributed by atoms with Crippen molar-refractivity contribution in [2.24, 2.45) is 0 Å². The molecule has 9 nitrogen and oxygen atoms in total. The molecule has 1 aliphatic rings. The highest BCUT2D eigenvalue weighted by atomic mass is 19.3. The predicted octanol–water partition coefficient (Wildman–Crippen LogP) is 2.31. The zero-order chi connectivity index (χ0) is 21.3. The minimum absolute atomic E-state index is 0.0271. The Hall–Kier alpha value is -3.50. The Morgan fingerprint density at radius 2 is 1.90 bits per heavy atom. The van der Waals surface area contributed by atoms with E-state index in [0.29, 0.717) is 23.1 Å². The van der Waals surface area contributed by atoms with Crippen molar-refractivity contribution in [2.75, 3.05) is 20.2 Å². The maximum atomic E-state index is 13.5. The van der Waals surface area contributed by atoms with Gasteiger partial charge in [0.2, 0.25) is 5.88 Å². The summed E-state index contributed by atoms with van der Waals surface area (Å²) in [6.45, 7) is 1.76. The second-order valence-corrected chi connectivity index (χ2v) is 6.95. The van der Waals surface area contributed by atoms with Gasteiger partial charge >= 0.3 is 0 Å². The third-order valence-electron chi connectivity index (χ3n) is 4.81. The number of aromatic nitrogens is 6.